The first-order valence-corrected chi connectivity index (χ1v) is 6.21. The van der Waals surface area contributed by atoms with E-state index in [2.05, 4.69) is 21.2 Å². The van der Waals surface area contributed by atoms with Gasteiger partial charge in [-0.2, -0.15) is 5.26 Å². The van der Waals surface area contributed by atoms with Gasteiger partial charge in [0.05, 0.1) is 16.2 Å². The number of hydrogen-bond donors (Lipinski definition) is 1. The second kappa shape index (κ2) is 5.67. The number of halogens is 2. The number of nitrogens with one attached hydrogen (secondary N) is 1. The first kappa shape index (κ1) is 14.0. The number of nitro groups is 1. The fourth-order valence-electron chi connectivity index (χ4n) is 1.62. The Bertz CT molecular complexity index is 728. The molecule has 1 N–H and O–H groups in total. The van der Waals surface area contributed by atoms with Crippen LogP contribution in [0.1, 0.15) is 5.56 Å². The van der Waals surface area contributed by atoms with Gasteiger partial charge in [-0.3, -0.25) is 10.1 Å². The Morgan fingerprint density at radius 1 is 1.25 bits per heavy atom. The van der Waals surface area contributed by atoms with Crippen LogP contribution in [-0.4, -0.2) is 4.92 Å². The smallest absolute Gasteiger partial charge is 0.293 e. The maximum Gasteiger partial charge on any atom is 0.293 e. The first-order chi connectivity index (χ1) is 9.51. The summed E-state index contributed by atoms with van der Waals surface area (Å²) in [6.07, 6.45) is 0. The fraction of sp³-hybridized carbons (Fsp3) is 0. The number of anilines is 2. The SMILES string of the molecule is N#Cc1cc(F)ccc1Nc1ccc(Br)cc1[N+](=O)[O-]. The minimum absolute atomic E-state index is 0.0715. The Morgan fingerprint density at radius 3 is 2.60 bits per heavy atom. The van der Waals surface area contributed by atoms with E-state index < -0.39 is 10.7 Å². The van der Waals surface area contributed by atoms with Crippen LogP contribution in [0.25, 0.3) is 0 Å². The normalized spacial score (nSPS) is 9.85. The third-order valence-electron chi connectivity index (χ3n) is 2.53. The molecule has 0 fully saturated rings. The quantitative estimate of drug-likeness (QED) is 0.676. The van der Waals surface area contributed by atoms with Crippen molar-refractivity contribution in [3.63, 3.8) is 0 Å². The molecule has 0 atom stereocenters. The minimum Gasteiger partial charge on any atom is -0.349 e. The van der Waals surface area contributed by atoms with Crippen molar-refractivity contribution in [2.75, 3.05) is 5.32 Å². The summed E-state index contributed by atoms with van der Waals surface area (Å²) in [4.78, 5) is 10.5. The van der Waals surface area contributed by atoms with Gasteiger partial charge in [-0.1, -0.05) is 15.9 Å². The Balaban J connectivity index is 2.45. The lowest BCUT2D eigenvalue weighted by atomic mass is 10.1. The van der Waals surface area contributed by atoms with Crippen molar-refractivity contribution in [3.05, 3.63) is 62.4 Å². The maximum absolute atomic E-state index is 13.0. The molecule has 0 unspecified atom stereocenters. The highest BCUT2D eigenvalue weighted by molar-refractivity contribution is 9.10. The standard InChI is InChI=1S/C13H7BrFN3O2/c14-9-1-3-12(13(6-9)18(19)20)17-11-4-2-10(15)5-8(11)7-16/h1-6,17H. The summed E-state index contributed by atoms with van der Waals surface area (Å²) in [5, 5.41) is 22.7. The van der Waals surface area contributed by atoms with E-state index >= 15 is 0 Å². The van der Waals surface area contributed by atoms with E-state index in [1.165, 1.54) is 24.3 Å². The lowest BCUT2D eigenvalue weighted by molar-refractivity contribution is -0.384. The summed E-state index contributed by atoms with van der Waals surface area (Å²) in [5.74, 6) is -0.544. The van der Waals surface area contributed by atoms with Crippen molar-refractivity contribution in [3.8, 4) is 6.07 Å². The van der Waals surface area contributed by atoms with Crippen molar-refractivity contribution in [1.29, 1.82) is 5.26 Å². The highest BCUT2D eigenvalue weighted by Gasteiger charge is 2.15. The zero-order chi connectivity index (χ0) is 14.7. The van der Waals surface area contributed by atoms with Crippen LogP contribution < -0.4 is 5.32 Å². The van der Waals surface area contributed by atoms with Crippen LogP contribution in [0.5, 0.6) is 0 Å². The van der Waals surface area contributed by atoms with E-state index in [0.717, 1.165) is 6.07 Å². The Hall–Kier alpha value is -2.46. The second-order valence-corrected chi connectivity index (χ2v) is 4.76. The van der Waals surface area contributed by atoms with Crippen LogP contribution in [0.15, 0.2) is 40.9 Å². The van der Waals surface area contributed by atoms with Crippen LogP contribution in [0.4, 0.5) is 21.5 Å². The molecule has 0 aromatic heterocycles. The summed E-state index contributed by atoms with van der Waals surface area (Å²) in [6, 6.07) is 9.91. The molecule has 0 bridgehead atoms. The predicted molar refractivity (Wildman–Crippen MR) is 75.2 cm³/mol. The average Bonchev–Trinajstić information content (AvgIpc) is 2.42. The predicted octanol–water partition coefficient (Wildman–Crippen LogP) is 4.11. The third kappa shape index (κ3) is 2.92. The minimum atomic E-state index is -0.544. The zero-order valence-corrected chi connectivity index (χ0v) is 11.5. The second-order valence-electron chi connectivity index (χ2n) is 3.85. The molecule has 2 aromatic carbocycles. The molecule has 2 rings (SSSR count). The molecule has 0 spiro atoms. The molecule has 0 aliphatic carbocycles. The van der Waals surface area contributed by atoms with E-state index in [1.54, 1.807) is 6.07 Å². The molecule has 2 aromatic rings. The molecular formula is C13H7BrFN3O2. The monoisotopic (exact) mass is 335 g/mol. The molecule has 0 aliphatic heterocycles. The van der Waals surface area contributed by atoms with Gasteiger partial charge in [-0.05, 0) is 30.3 Å². The molecule has 20 heavy (non-hydrogen) atoms. The molecule has 0 heterocycles. The lowest BCUT2D eigenvalue weighted by Gasteiger charge is -2.09. The summed E-state index contributed by atoms with van der Waals surface area (Å²) in [7, 11) is 0. The number of benzene rings is 2. The summed E-state index contributed by atoms with van der Waals surface area (Å²) >= 11 is 3.15. The average molecular weight is 336 g/mol. The van der Waals surface area contributed by atoms with Crippen LogP contribution in [0.3, 0.4) is 0 Å². The molecule has 0 radical (unpaired) electrons. The number of rotatable bonds is 3. The lowest BCUT2D eigenvalue weighted by Crippen LogP contribution is -1.99. The Morgan fingerprint density at radius 2 is 1.95 bits per heavy atom. The van der Waals surface area contributed by atoms with Gasteiger partial charge in [0.25, 0.3) is 5.69 Å². The van der Waals surface area contributed by atoms with Crippen molar-refractivity contribution in [2.45, 2.75) is 0 Å². The molecule has 7 heteroatoms. The topological polar surface area (TPSA) is 79.0 Å². The van der Waals surface area contributed by atoms with E-state index in [0.29, 0.717) is 10.2 Å². The highest BCUT2D eigenvalue weighted by Crippen LogP contribution is 2.31. The van der Waals surface area contributed by atoms with Gasteiger partial charge >= 0.3 is 0 Å². The van der Waals surface area contributed by atoms with Crippen molar-refractivity contribution in [1.82, 2.24) is 0 Å². The van der Waals surface area contributed by atoms with E-state index in [4.69, 9.17) is 5.26 Å². The molecule has 0 saturated carbocycles. The number of hydrogen-bond acceptors (Lipinski definition) is 4. The van der Waals surface area contributed by atoms with Crippen LogP contribution in [-0.2, 0) is 0 Å². The Labute approximate surface area is 121 Å². The van der Waals surface area contributed by atoms with Gasteiger partial charge < -0.3 is 5.32 Å². The summed E-state index contributed by atoms with van der Waals surface area (Å²) in [5.41, 5.74) is 0.454. The summed E-state index contributed by atoms with van der Waals surface area (Å²) < 4.78 is 13.6. The van der Waals surface area contributed by atoms with Crippen LogP contribution in [0, 0.1) is 27.3 Å². The van der Waals surface area contributed by atoms with Crippen molar-refractivity contribution in [2.24, 2.45) is 0 Å². The molecule has 5 nitrogen and oxygen atoms in total. The van der Waals surface area contributed by atoms with Gasteiger partial charge in [0, 0.05) is 10.5 Å². The molecular weight excluding hydrogens is 329 g/mol. The third-order valence-corrected chi connectivity index (χ3v) is 3.02. The van der Waals surface area contributed by atoms with Crippen LogP contribution >= 0.6 is 15.9 Å². The van der Waals surface area contributed by atoms with Gasteiger partial charge in [-0.25, -0.2) is 4.39 Å². The number of nitrogens with zero attached hydrogens (tertiary/aromatic N) is 2. The largest absolute Gasteiger partial charge is 0.349 e. The van der Waals surface area contributed by atoms with Gasteiger partial charge in [0.2, 0.25) is 0 Å². The molecule has 0 amide bonds. The van der Waals surface area contributed by atoms with Gasteiger partial charge in [0.1, 0.15) is 17.6 Å². The fourth-order valence-corrected chi connectivity index (χ4v) is 1.97. The summed E-state index contributed by atoms with van der Waals surface area (Å²) in [6.45, 7) is 0. The molecule has 0 saturated heterocycles. The zero-order valence-electron chi connectivity index (χ0n) is 9.93. The van der Waals surface area contributed by atoms with E-state index in [1.807, 2.05) is 6.07 Å². The van der Waals surface area contributed by atoms with Gasteiger partial charge in [0.15, 0.2) is 0 Å². The van der Waals surface area contributed by atoms with E-state index in [9.17, 15) is 14.5 Å². The van der Waals surface area contributed by atoms with Crippen molar-refractivity contribution < 1.29 is 9.31 Å². The van der Waals surface area contributed by atoms with Crippen LogP contribution in [0.2, 0.25) is 0 Å². The Kier molecular flexibility index (Phi) is 3.96. The first-order valence-electron chi connectivity index (χ1n) is 5.42. The highest BCUT2D eigenvalue weighted by atomic mass is 79.9. The van der Waals surface area contributed by atoms with Crippen molar-refractivity contribution >= 4 is 33.0 Å². The number of nitro benzene ring substituents is 1. The molecule has 100 valence electrons. The maximum atomic E-state index is 13.0. The molecule has 0 aliphatic rings. The van der Waals surface area contributed by atoms with Gasteiger partial charge in [-0.15, -0.1) is 0 Å². The van der Waals surface area contributed by atoms with E-state index in [-0.39, 0.29) is 16.9 Å². The number of nitriles is 1.